The van der Waals surface area contributed by atoms with E-state index in [2.05, 4.69) is 5.43 Å². The maximum Gasteiger partial charge on any atom is 0.350 e. The van der Waals surface area contributed by atoms with Gasteiger partial charge in [0, 0.05) is 12.5 Å². The van der Waals surface area contributed by atoms with Gasteiger partial charge in [0.05, 0.1) is 11.4 Å². The van der Waals surface area contributed by atoms with Crippen LogP contribution in [0.1, 0.15) is 13.3 Å². The lowest BCUT2D eigenvalue weighted by Gasteiger charge is -2.18. The molecule has 0 saturated heterocycles. The van der Waals surface area contributed by atoms with Crippen molar-refractivity contribution in [2.75, 3.05) is 12.8 Å². The van der Waals surface area contributed by atoms with Gasteiger partial charge in [0.1, 0.15) is 4.90 Å². The van der Waals surface area contributed by atoms with E-state index in [1.54, 1.807) is 6.20 Å². The molecule has 10 heteroatoms. The van der Waals surface area contributed by atoms with Gasteiger partial charge in [0.25, 0.3) is 10.0 Å². The zero-order chi connectivity index (χ0) is 17.3. The second-order valence-electron chi connectivity index (χ2n) is 5.00. The van der Waals surface area contributed by atoms with Gasteiger partial charge in [-0.25, -0.2) is 31.4 Å². The first-order valence-corrected chi connectivity index (χ1v) is 10.1. The molecule has 0 spiro atoms. The van der Waals surface area contributed by atoms with E-state index in [0.29, 0.717) is 0 Å². The fraction of sp³-hybridized carbons (Fsp3) is 0.308. The lowest BCUT2D eigenvalue weighted by atomic mass is 10.2. The van der Waals surface area contributed by atoms with E-state index in [-0.39, 0.29) is 11.4 Å². The highest BCUT2D eigenvalue weighted by Crippen LogP contribution is 2.20. The summed E-state index contributed by atoms with van der Waals surface area (Å²) in [4.78, 5) is 11.2. The molecule has 0 unspecified atom stereocenters. The van der Waals surface area contributed by atoms with Crippen molar-refractivity contribution >= 4 is 25.9 Å². The quantitative estimate of drug-likeness (QED) is 0.814. The summed E-state index contributed by atoms with van der Waals surface area (Å²) >= 11 is 0. The standard InChI is InChI=1S/C13H17N3O5S2/c1-3-10-8-14-16(9-10)13(17)15-23(20,21)12-7-5-4-6-11(12)22(2,18)19/h4-8,14H,3,9H2,1-2H3,(H,15,17). The van der Waals surface area contributed by atoms with Crippen molar-refractivity contribution in [2.24, 2.45) is 0 Å². The zero-order valence-corrected chi connectivity index (χ0v) is 14.2. The van der Waals surface area contributed by atoms with Crippen molar-refractivity contribution in [3.05, 3.63) is 36.0 Å². The number of nitrogens with zero attached hydrogens (tertiary/aromatic N) is 1. The van der Waals surface area contributed by atoms with E-state index in [9.17, 15) is 21.6 Å². The fourth-order valence-electron chi connectivity index (χ4n) is 2.01. The molecule has 2 rings (SSSR count). The monoisotopic (exact) mass is 359 g/mol. The molecule has 1 aliphatic heterocycles. The smallest absolute Gasteiger partial charge is 0.302 e. The Kier molecular flexibility index (Phi) is 4.66. The molecule has 0 radical (unpaired) electrons. The number of benzene rings is 1. The van der Waals surface area contributed by atoms with Gasteiger partial charge < -0.3 is 5.43 Å². The second kappa shape index (κ2) is 6.20. The topological polar surface area (TPSA) is 113 Å². The molecule has 8 nitrogen and oxygen atoms in total. The summed E-state index contributed by atoms with van der Waals surface area (Å²) in [5.41, 5.74) is 3.59. The maximum atomic E-state index is 12.4. The van der Waals surface area contributed by atoms with Crippen LogP contribution in [0.15, 0.2) is 45.8 Å². The predicted molar refractivity (Wildman–Crippen MR) is 83.5 cm³/mol. The molecule has 1 aromatic carbocycles. The van der Waals surface area contributed by atoms with E-state index in [1.807, 2.05) is 11.6 Å². The van der Waals surface area contributed by atoms with Gasteiger partial charge in [0.15, 0.2) is 9.84 Å². The third-order valence-corrected chi connectivity index (χ3v) is 5.91. The molecular weight excluding hydrogens is 342 g/mol. The average molecular weight is 359 g/mol. The summed E-state index contributed by atoms with van der Waals surface area (Å²) in [7, 11) is -8.07. The van der Waals surface area contributed by atoms with E-state index in [4.69, 9.17) is 0 Å². The SMILES string of the molecule is CCC1=CNN(C(=O)NS(=O)(=O)c2ccccc2S(C)(=O)=O)C1. The van der Waals surface area contributed by atoms with Crippen molar-refractivity contribution in [3.8, 4) is 0 Å². The van der Waals surface area contributed by atoms with Crippen molar-refractivity contribution in [1.82, 2.24) is 15.2 Å². The highest BCUT2D eigenvalue weighted by atomic mass is 32.2. The fourth-order valence-corrected chi connectivity index (χ4v) is 4.59. The number of carbonyl (C=O) groups excluding carboxylic acids is 1. The zero-order valence-electron chi connectivity index (χ0n) is 12.6. The van der Waals surface area contributed by atoms with Crippen LogP contribution in [0.4, 0.5) is 4.79 Å². The van der Waals surface area contributed by atoms with Crippen molar-refractivity contribution in [3.63, 3.8) is 0 Å². The molecule has 2 N–H and O–H groups in total. The van der Waals surface area contributed by atoms with Crippen LogP contribution in [0.25, 0.3) is 0 Å². The van der Waals surface area contributed by atoms with E-state index < -0.39 is 30.8 Å². The Morgan fingerprint density at radius 1 is 1.22 bits per heavy atom. The van der Waals surface area contributed by atoms with Gasteiger partial charge >= 0.3 is 6.03 Å². The molecule has 23 heavy (non-hydrogen) atoms. The number of amides is 2. The molecular formula is C13H17N3O5S2. The van der Waals surface area contributed by atoms with Crippen LogP contribution in [0.5, 0.6) is 0 Å². The Morgan fingerprint density at radius 2 is 1.83 bits per heavy atom. The predicted octanol–water partition coefficient (Wildman–Crippen LogP) is 0.603. The number of hydrogen-bond donors (Lipinski definition) is 2. The lowest BCUT2D eigenvalue weighted by molar-refractivity contribution is 0.199. The van der Waals surface area contributed by atoms with E-state index in [0.717, 1.165) is 29.3 Å². The molecule has 0 fully saturated rings. The molecule has 1 heterocycles. The summed E-state index contributed by atoms with van der Waals surface area (Å²) < 4.78 is 50.0. The Labute approximate surface area is 135 Å². The first-order chi connectivity index (χ1) is 10.6. The number of hydrazine groups is 1. The molecule has 126 valence electrons. The van der Waals surface area contributed by atoms with Crippen LogP contribution in [-0.2, 0) is 19.9 Å². The van der Waals surface area contributed by atoms with Gasteiger partial charge in [-0.3, -0.25) is 0 Å². The summed E-state index contributed by atoms with van der Waals surface area (Å²) in [5, 5.41) is 1.10. The summed E-state index contributed by atoms with van der Waals surface area (Å²) in [5.74, 6) is 0. The minimum absolute atomic E-state index is 0.256. The number of rotatable bonds is 4. The molecule has 1 aliphatic rings. The van der Waals surface area contributed by atoms with Crippen LogP contribution in [0.3, 0.4) is 0 Å². The number of sulfonamides is 1. The number of carbonyl (C=O) groups is 1. The summed E-state index contributed by atoms with van der Waals surface area (Å²) in [6.07, 6.45) is 3.25. The molecule has 2 amide bonds. The maximum absolute atomic E-state index is 12.4. The van der Waals surface area contributed by atoms with E-state index >= 15 is 0 Å². The molecule has 1 aromatic rings. The molecule has 0 saturated carbocycles. The minimum Gasteiger partial charge on any atom is -0.302 e. The van der Waals surface area contributed by atoms with Crippen molar-refractivity contribution in [1.29, 1.82) is 0 Å². The minimum atomic E-state index is -4.32. The Morgan fingerprint density at radius 3 is 2.35 bits per heavy atom. The number of hydrogen-bond acceptors (Lipinski definition) is 6. The number of nitrogens with one attached hydrogen (secondary N) is 2. The van der Waals surface area contributed by atoms with Crippen LogP contribution in [-0.4, -0.2) is 40.7 Å². The van der Waals surface area contributed by atoms with Gasteiger partial charge in [0.2, 0.25) is 0 Å². The van der Waals surface area contributed by atoms with Crippen LogP contribution < -0.4 is 10.1 Å². The number of sulfone groups is 1. The normalized spacial score (nSPS) is 15.0. The van der Waals surface area contributed by atoms with Gasteiger partial charge in [-0.1, -0.05) is 19.1 Å². The van der Waals surface area contributed by atoms with E-state index in [1.165, 1.54) is 18.2 Å². The van der Waals surface area contributed by atoms with Gasteiger partial charge in [-0.2, -0.15) is 0 Å². The molecule has 0 bridgehead atoms. The van der Waals surface area contributed by atoms with Crippen LogP contribution in [0, 0.1) is 0 Å². The Bertz CT molecular complexity index is 859. The molecule has 0 atom stereocenters. The third-order valence-electron chi connectivity index (χ3n) is 3.24. The largest absolute Gasteiger partial charge is 0.350 e. The summed E-state index contributed by atoms with van der Waals surface area (Å²) in [6.45, 7) is 2.17. The van der Waals surface area contributed by atoms with Crippen LogP contribution in [0.2, 0.25) is 0 Å². The average Bonchev–Trinajstić information content (AvgIpc) is 2.95. The third kappa shape index (κ3) is 3.82. The van der Waals surface area contributed by atoms with Crippen LogP contribution >= 0.6 is 0 Å². The molecule has 0 aliphatic carbocycles. The highest BCUT2D eigenvalue weighted by Gasteiger charge is 2.28. The second-order valence-corrected chi connectivity index (χ2v) is 8.64. The summed E-state index contributed by atoms with van der Waals surface area (Å²) in [6, 6.07) is 4.24. The van der Waals surface area contributed by atoms with Gasteiger partial charge in [-0.15, -0.1) is 0 Å². The van der Waals surface area contributed by atoms with Crippen molar-refractivity contribution in [2.45, 2.75) is 23.1 Å². The first kappa shape index (κ1) is 17.3. The lowest BCUT2D eigenvalue weighted by Crippen LogP contribution is -2.46. The molecule has 0 aromatic heterocycles. The number of urea groups is 1. The van der Waals surface area contributed by atoms with Crippen molar-refractivity contribution < 1.29 is 21.6 Å². The Balaban J connectivity index is 2.26. The first-order valence-electron chi connectivity index (χ1n) is 6.72. The highest BCUT2D eigenvalue weighted by molar-refractivity contribution is 7.93. The Hall–Kier alpha value is -2.07. The van der Waals surface area contributed by atoms with Gasteiger partial charge in [-0.05, 0) is 24.1 Å².